The van der Waals surface area contributed by atoms with Gasteiger partial charge in [0.15, 0.2) is 0 Å². The van der Waals surface area contributed by atoms with Crippen LogP contribution in [-0.2, 0) is 0 Å². The Kier molecular flexibility index (Phi) is 2.82. The molecule has 0 radical (unpaired) electrons. The van der Waals surface area contributed by atoms with Crippen LogP contribution in [0.15, 0.2) is 28.7 Å². The van der Waals surface area contributed by atoms with E-state index in [0.717, 1.165) is 12.1 Å². The zero-order valence-electron chi connectivity index (χ0n) is 6.22. The zero-order chi connectivity index (χ0) is 10.1. The first kappa shape index (κ1) is 10.3. The predicted molar refractivity (Wildman–Crippen MR) is 44.5 cm³/mol. The van der Waals surface area contributed by atoms with Crippen LogP contribution in [0.4, 0.5) is 18.9 Å². The van der Waals surface area contributed by atoms with E-state index in [1.54, 1.807) is 6.07 Å². The summed E-state index contributed by atoms with van der Waals surface area (Å²) in [6.45, 7) is 0. The number of nitrogens with zero attached hydrogens (tertiary/aromatic N) is 1. The highest BCUT2D eigenvalue weighted by molar-refractivity contribution is 9.10. The molecule has 0 bridgehead atoms. The largest absolute Gasteiger partial charge is 0.508 e. The monoisotopic (exact) mass is 255 g/mol. The Morgan fingerprint density at radius 2 is 1.92 bits per heavy atom. The fraction of sp³-hybridized carbons (Fsp3) is 0.143. The third-order valence-electron chi connectivity index (χ3n) is 1.29. The van der Waals surface area contributed by atoms with E-state index in [0.29, 0.717) is 4.47 Å². The van der Waals surface area contributed by atoms with Crippen molar-refractivity contribution in [3.63, 3.8) is 0 Å². The van der Waals surface area contributed by atoms with Crippen LogP contribution in [0.5, 0.6) is 0 Å². The summed E-state index contributed by atoms with van der Waals surface area (Å²) in [5.41, 5.74) is -0.332. The van der Waals surface area contributed by atoms with Gasteiger partial charge in [0, 0.05) is 4.47 Å². The van der Waals surface area contributed by atoms with E-state index in [9.17, 15) is 13.2 Å². The Balaban J connectivity index is 2.96. The molecule has 0 unspecified atom stereocenters. The highest BCUT2D eigenvalue weighted by atomic mass is 79.9. The standard InChI is InChI=1S/C7H5BrF3NO/c8-5-2-1-3-6(4-5)12(13)7(9,10)11/h1-4,13H. The van der Waals surface area contributed by atoms with Gasteiger partial charge in [0.2, 0.25) is 0 Å². The van der Waals surface area contributed by atoms with Crippen molar-refractivity contribution < 1.29 is 18.4 Å². The molecule has 0 fully saturated rings. The van der Waals surface area contributed by atoms with Gasteiger partial charge in [-0.05, 0) is 18.2 Å². The first-order valence-corrected chi connectivity index (χ1v) is 4.02. The van der Waals surface area contributed by atoms with Crippen LogP contribution in [0.25, 0.3) is 0 Å². The maximum Gasteiger partial charge on any atom is 0.508 e. The summed E-state index contributed by atoms with van der Waals surface area (Å²) >= 11 is 2.99. The first-order chi connectivity index (χ1) is 5.91. The molecule has 0 aliphatic heterocycles. The smallest absolute Gasteiger partial charge is 0.281 e. The molecule has 0 spiro atoms. The Morgan fingerprint density at radius 1 is 1.31 bits per heavy atom. The summed E-state index contributed by atoms with van der Waals surface area (Å²) in [7, 11) is 0. The maximum atomic E-state index is 11.9. The number of halogens is 4. The molecule has 0 heterocycles. The number of anilines is 1. The van der Waals surface area contributed by atoms with Crippen LogP contribution in [0.3, 0.4) is 0 Å². The number of alkyl halides is 3. The summed E-state index contributed by atoms with van der Waals surface area (Å²) < 4.78 is 36.2. The van der Waals surface area contributed by atoms with E-state index in [2.05, 4.69) is 15.9 Å². The van der Waals surface area contributed by atoms with Crippen molar-refractivity contribution in [1.29, 1.82) is 0 Å². The van der Waals surface area contributed by atoms with Gasteiger partial charge in [-0.1, -0.05) is 22.0 Å². The average molecular weight is 256 g/mol. The minimum atomic E-state index is -4.78. The van der Waals surface area contributed by atoms with Crippen LogP contribution >= 0.6 is 15.9 Å². The van der Waals surface area contributed by atoms with Crippen molar-refractivity contribution in [2.75, 3.05) is 5.06 Å². The van der Waals surface area contributed by atoms with Crippen LogP contribution < -0.4 is 5.06 Å². The second-order valence-electron chi connectivity index (χ2n) is 2.26. The molecule has 6 heteroatoms. The van der Waals surface area contributed by atoms with Crippen LogP contribution in [0.2, 0.25) is 0 Å². The van der Waals surface area contributed by atoms with E-state index in [1.165, 1.54) is 6.07 Å². The molecule has 0 atom stereocenters. The molecule has 1 N–H and O–H groups in total. The fourth-order valence-electron chi connectivity index (χ4n) is 0.754. The van der Waals surface area contributed by atoms with E-state index < -0.39 is 11.4 Å². The predicted octanol–water partition coefficient (Wildman–Crippen LogP) is 3.16. The number of hydroxylamine groups is 1. The number of benzene rings is 1. The van der Waals surface area contributed by atoms with Gasteiger partial charge < -0.3 is 0 Å². The van der Waals surface area contributed by atoms with Gasteiger partial charge in [-0.15, -0.1) is 13.2 Å². The molecule has 0 aliphatic carbocycles. The van der Waals surface area contributed by atoms with Crippen molar-refractivity contribution in [1.82, 2.24) is 0 Å². The summed E-state index contributed by atoms with van der Waals surface area (Å²) in [5, 5.41) is 7.93. The van der Waals surface area contributed by atoms with Gasteiger partial charge in [-0.2, -0.15) is 5.06 Å². The Hall–Kier alpha value is -0.750. The minimum Gasteiger partial charge on any atom is -0.281 e. The van der Waals surface area contributed by atoms with Crippen LogP contribution in [0.1, 0.15) is 0 Å². The molecular weight excluding hydrogens is 251 g/mol. The number of hydrogen-bond donors (Lipinski definition) is 1. The molecule has 1 aromatic carbocycles. The number of hydrogen-bond acceptors (Lipinski definition) is 2. The summed E-state index contributed by atoms with van der Waals surface area (Å²) in [4.78, 5) is 0. The van der Waals surface area contributed by atoms with E-state index >= 15 is 0 Å². The zero-order valence-corrected chi connectivity index (χ0v) is 7.80. The van der Waals surface area contributed by atoms with Crippen LogP contribution in [0, 0.1) is 0 Å². The lowest BCUT2D eigenvalue weighted by atomic mass is 10.3. The molecule has 2 nitrogen and oxygen atoms in total. The Morgan fingerprint density at radius 3 is 2.38 bits per heavy atom. The summed E-state index contributed by atoms with van der Waals surface area (Å²) in [5.74, 6) is 0. The van der Waals surface area contributed by atoms with Crippen molar-refractivity contribution in [2.24, 2.45) is 0 Å². The lowest BCUT2D eigenvalue weighted by molar-refractivity contribution is -0.176. The molecule has 72 valence electrons. The molecule has 0 amide bonds. The van der Waals surface area contributed by atoms with Crippen molar-refractivity contribution in [3.05, 3.63) is 28.7 Å². The van der Waals surface area contributed by atoms with Gasteiger partial charge >= 0.3 is 6.30 Å². The maximum absolute atomic E-state index is 11.9. The SMILES string of the molecule is ON(c1cccc(Br)c1)C(F)(F)F. The normalized spacial score (nSPS) is 11.5. The number of rotatable bonds is 1. The van der Waals surface area contributed by atoms with Gasteiger partial charge in [0.05, 0.1) is 5.69 Å². The molecule has 13 heavy (non-hydrogen) atoms. The molecule has 1 aromatic rings. The first-order valence-electron chi connectivity index (χ1n) is 3.22. The van der Waals surface area contributed by atoms with Crippen molar-refractivity contribution in [2.45, 2.75) is 6.30 Å². The Labute approximate surface area is 80.7 Å². The highest BCUT2D eigenvalue weighted by Crippen LogP contribution is 2.27. The van der Waals surface area contributed by atoms with Crippen molar-refractivity contribution >= 4 is 21.6 Å². The molecular formula is C7H5BrF3NO. The minimum absolute atomic E-state index is 0.332. The Bertz CT molecular complexity index is 302. The molecule has 0 aromatic heterocycles. The summed E-state index contributed by atoms with van der Waals surface area (Å²) in [6, 6.07) is 5.27. The third-order valence-corrected chi connectivity index (χ3v) is 1.79. The molecule has 0 saturated heterocycles. The van der Waals surface area contributed by atoms with E-state index in [-0.39, 0.29) is 5.69 Å². The molecule has 0 saturated carbocycles. The lowest BCUT2D eigenvalue weighted by Gasteiger charge is -2.19. The topological polar surface area (TPSA) is 23.5 Å². The quantitative estimate of drug-likeness (QED) is 0.616. The van der Waals surface area contributed by atoms with Gasteiger partial charge in [-0.25, -0.2) is 0 Å². The van der Waals surface area contributed by atoms with Gasteiger partial charge in [0.1, 0.15) is 0 Å². The summed E-state index contributed by atoms with van der Waals surface area (Å²) in [6.07, 6.45) is -4.78. The fourth-order valence-corrected chi connectivity index (χ4v) is 1.14. The molecule has 0 aliphatic rings. The third kappa shape index (κ3) is 2.60. The van der Waals surface area contributed by atoms with E-state index in [1.807, 2.05) is 0 Å². The van der Waals surface area contributed by atoms with Crippen molar-refractivity contribution in [3.8, 4) is 0 Å². The second-order valence-corrected chi connectivity index (χ2v) is 3.18. The second kappa shape index (κ2) is 3.55. The van der Waals surface area contributed by atoms with Crippen LogP contribution in [-0.4, -0.2) is 11.5 Å². The molecule has 1 rings (SSSR count). The van der Waals surface area contributed by atoms with Gasteiger partial charge in [-0.3, -0.25) is 5.21 Å². The van der Waals surface area contributed by atoms with E-state index in [4.69, 9.17) is 5.21 Å². The highest BCUT2D eigenvalue weighted by Gasteiger charge is 2.36. The average Bonchev–Trinajstić information content (AvgIpc) is 2.01. The lowest BCUT2D eigenvalue weighted by Crippen LogP contribution is -2.34. The van der Waals surface area contributed by atoms with Gasteiger partial charge in [0.25, 0.3) is 0 Å².